The third kappa shape index (κ3) is 6.76. The predicted octanol–water partition coefficient (Wildman–Crippen LogP) is 4.80. The molecule has 1 aliphatic rings. The van der Waals surface area contributed by atoms with E-state index in [2.05, 4.69) is 31.0 Å². The lowest BCUT2D eigenvalue weighted by Gasteiger charge is -2.38. The molecular weight excluding hydrogens is 471 g/mol. The maximum atomic E-state index is 13.4. The van der Waals surface area contributed by atoms with E-state index >= 15 is 0 Å². The summed E-state index contributed by atoms with van der Waals surface area (Å²) in [6.07, 6.45) is 0.500. The number of ether oxygens (including phenoxy) is 1. The summed E-state index contributed by atoms with van der Waals surface area (Å²) >= 11 is 0. The van der Waals surface area contributed by atoms with Gasteiger partial charge in [-0.25, -0.2) is 4.39 Å². The molecule has 196 valence electrons. The van der Waals surface area contributed by atoms with Crippen molar-refractivity contribution in [1.29, 1.82) is 0 Å². The number of nitrogens with one attached hydrogen (secondary N) is 1. The number of aromatic amines is 1. The Morgan fingerprint density at radius 1 is 1.14 bits per heavy atom. The molecule has 2 aromatic carbocycles. The van der Waals surface area contributed by atoms with Gasteiger partial charge < -0.3 is 14.5 Å². The number of aromatic nitrogens is 2. The molecular formula is C29H35FN4O3. The van der Waals surface area contributed by atoms with Crippen LogP contribution in [0.2, 0.25) is 0 Å². The molecule has 0 radical (unpaired) electrons. The highest BCUT2D eigenvalue weighted by Crippen LogP contribution is 2.28. The number of H-pyrrole nitrogens is 1. The zero-order chi connectivity index (χ0) is 26.6. The number of benzene rings is 2. The Balaban J connectivity index is 1.49. The number of hydrogen-bond donors (Lipinski definition) is 1. The second kappa shape index (κ2) is 11.2. The molecule has 1 aliphatic heterocycles. The Labute approximate surface area is 217 Å². The molecule has 2 atom stereocenters. The quantitative estimate of drug-likeness (QED) is 0.499. The highest BCUT2D eigenvalue weighted by molar-refractivity contribution is 5.92. The van der Waals surface area contributed by atoms with Crippen molar-refractivity contribution >= 4 is 11.8 Å². The normalized spacial score (nSPS) is 17.9. The van der Waals surface area contributed by atoms with Gasteiger partial charge in [-0.1, -0.05) is 51.1 Å². The van der Waals surface area contributed by atoms with Crippen molar-refractivity contribution < 1.29 is 18.7 Å². The number of likely N-dealkylation sites (tertiary alicyclic amines) is 1. The molecule has 0 saturated carbocycles. The zero-order valence-corrected chi connectivity index (χ0v) is 21.9. The average molecular weight is 507 g/mol. The molecule has 1 fully saturated rings. The minimum atomic E-state index is -0.337. The Bertz CT molecular complexity index is 1200. The average Bonchev–Trinajstić information content (AvgIpc) is 3.38. The fourth-order valence-corrected chi connectivity index (χ4v) is 4.54. The van der Waals surface area contributed by atoms with E-state index in [0.717, 1.165) is 11.3 Å². The van der Waals surface area contributed by atoms with E-state index in [1.165, 1.54) is 12.1 Å². The summed E-state index contributed by atoms with van der Waals surface area (Å²) in [6.45, 7) is 7.52. The molecule has 0 bridgehead atoms. The summed E-state index contributed by atoms with van der Waals surface area (Å²) in [7, 11) is 1.79. The number of piperidine rings is 1. The Morgan fingerprint density at radius 2 is 1.84 bits per heavy atom. The summed E-state index contributed by atoms with van der Waals surface area (Å²) in [4.78, 5) is 30.0. The highest BCUT2D eigenvalue weighted by Gasteiger charge is 2.36. The van der Waals surface area contributed by atoms with Crippen molar-refractivity contribution in [2.24, 2.45) is 5.92 Å². The molecule has 4 rings (SSSR count). The van der Waals surface area contributed by atoms with Crippen molar-refractivity contribution in [3.8, 4) is 5.75 Å². The smallest absolute Gasteiger partial charge is 0.274 e. The first kappa shape index (κ1) is 26.4. The van der Waals surface area contributed by atoms with Crippen molar-refractivity contribution in [3.05, 3.63) is 83.4 Å². The third-order valence-corrected chi connectivity index (χ3v) is 6.78. The summed E-state index contributed by atoms with van der Waals surface area (Å²) in [5.74, 6) is -0.207. The fourth-order valence-electron chi connectivity index (χ4n) is 4.54. The molecule has 8 heteroatoms. The minimum absolute atomic E-state index is 0.0225. The number of nitrogens with zero attached hydrogens (tertiary/aromatic N) is 3. The van der Waals surface area contributed by atoms with E-state index in [9.17, 15) is 14.0 Å². The summed E-state index contributed by atoms with van der Waals surface area (Å²) in [6, 6.07) is 17.5. The molecule has 0 unspecified atom stereocenters. The standard InChI is InChI=1S/C29H35FN4O3/c1-29(2,3)26-17-24(31-32-26)28(36)34-15-14-25(37-23-12-10-22(30)11-13-23)21(19-34)16-27(35)33(4)18-20-8-6-5-7-9-20/h5-13,17,21,25H,14-16,18-19H2,1-4H3,(H,31,32)/t21-,25-/m0/s1. The van der Waals surface area contributed by atoms with Gasteiger partial charge in [0.1, 0.15) is 23.4 Å². The van der Waals surface area contributed by atoms with E-state index in [0.29, 0.717) is 37.5 Å². The molecule has 1 aromatic heterocycles. The molecule has 7 nitrogen and oxygen atoms in total. The lowest BCUT2D eigenvalue weighted by molar-refractivity contribution is -0.132. The Morgan fingerprint density at radius 3 is 2.49 bits per heavy atom. The molecule has 2 amide bonds. The van der Waals surface area contributed by atoms with Crippen LogP contribution in [0.5, 0.6) is 5.75 Å². The molecule has 3 aromatic rings. The minimum Gasteiger partial charge on any atom is -0.490 e. The van der Waals surface area contributed by atoms with E-state index in [-0.39, 0.29) is 41.5 Å². The number of amides is 2. The van der Waals surface area contributed by atoms with Gasteiger partial charge in [-0.15, -0.1) is 0 Å². The van der Waals surface area contributed by atoms with Crippen molar-refractivity contribution in [3.63, 3.8) is 0 Å². The Kier molecular flexibility index (Phi) is 7.95. The summed E-state index contributed by atoms with van der Waals surface area (Å²) in [5.41, 5.74) is 2.15. The highest BCUT2D eigenvalue weighted by atomic mass is 19.1. The second-order valence-corrected chi connectivity index (χ2v) is 10.8. The predicted molar refractivity (Wildman–Crippen MR) is 140 cm³/mol. The summed E-state index contributed by atoms with van der Waals surface area (Å²) < 4.78 is 19.6. The van der Waals surface area contributed by atoms with E-state index < -0.39 is 0 Å². The van der Waals surface area contributed by atoms with E-state index in [1.54, 1.807) is 35.0 Å². The lowest BCUT2D eigenvalue weighted by Crippen LogP contribution is -2.49. The summed E-state index contributed by atoms with van der Waals surface area (Å²) in [5, 5.41) is 7.24. The molecule has 2 heterocycles. The number of rotatable bonds is 7. The molecule has 0 spiro atoms. The monoisotopic (exact) mass is 506 g/mol. The van der Waals surface area contributed by atoms with Crippen LogP contribution in [0.4, 0.5) is 4.39 Å². The van der Waals surface area contributed by atoms with Crippen LogP contribution in [-0.2, 0) is 16.8 Å². The van der Waals surface area contributed by atoms with Crippen LogP contribution in [0.1, 0.15) is 55.4 Å². The number of carbonyl (C=O) groups is 2. The van der Waals surface area contributed by atoms with Gasteiger partial charge in [0, 0.05) is 56.6 Å². The van der Waals surface area contributed by atoms with Gasteiger partial charge in [0.05, 0.1) is 0 Å². The molecule has 1 N–H and O–H groups in total. The lowest BCUT2D eigenvalue weighted by atomic mass is 9.90. The van der Waals surface area contributed by atoms with Crippen LogP contribution in [-0.4, -0.2) is 58.1 Å². The van der Waals surface area contributed by atoms with Crippen LogP contribution in [0, 0.1) is 11.7 Å². The SMILES string of the molecule is CN(Cc1ccccc1)C(=O)C[C@H]1CN(C(=O)c2cc(C(C)(C)C)[nH]n2)CC[C@@H]1Oc1ccc(F)cc1. The first-order valence-corrected chi connectivity index (χ1v) is 12.7. The van der Waals surface area contributed by atoms with Gasteiger partial charge in [0.25, 0.3) is 5.91 Å². The van der Waals surface area contributed by atoms with Gasteiger partial charge >= 0.3 is 0 Å². The number of hydrogen-bond acceptors (Lipinski definition) is 4. The fraction of sp³-hybridized carbons (Fsp3) is 0.414. The van der Waals surface area contributed by atoms with Crippen molar-refractivity contribution in [2.45, 2.75) is 51.7 Å². The molecule has 0 aliphatic carbocycles. The van der Waals surface area contributed by atoms with Gasteiger partial charge in [-0.05, 0) is 35.9 Å². The largest absolute Gasteiger partial charge is 0.490 e. The molecule has 37 heavy (non-hydrogen) atoms. The van der Waals surface area contributed by atoms with Gasteiger partial charge in [-0.2, -0.15) is 5.10 Å². The van der Waals surface area contributed by atoms with Crippen molar-refractivity contribution in [2.75, 3.05) is 20.1 Å². The number of carbonyl (C=O) groups excluding carboxylic acids is 2. The van der Waals surface area contributed by atoms with Crippen LogP contribution in [0.15, 0.2) is 60.7 Å². The van der Waals surface area contributed by atoms with Crippen molar-refractivity contribution in [1.82, 2.24) is 20.0 Å². The van der Waals surface area contributed by atoms with E-state index in [4.69, 9.17) is 4.74 Å². The van der Waals surface area contributed by atoms with Crippen LogP contribution < -0.4 is 4.74 Å². The van der Waals surface area contributed by atoms with Gasteiger partial charge in [0.2, 0.25) is 5.91 Å². The van der Waals surface area contributed by atoms with Crippen LogP contribution in [0.3, 0.4) is 0 Å². The van der Waals surface area contributed by atoms with Gasteiger partial charge in [-0.3, -0.25) is 14.7 Å². The topological polar surface area (TPSA) is 78.5 Å². The van der Waals surface area contributed by atoms with Crippen LogP contribution >= 0.6 is 0 Å². The van der Waals surface area contributed by atoms with Gasteiger partial charge in [0.15, 0.2) is 0 Å². The second-order valence-electron chi connectivity index (χ2n) is 10.8. The third-order valence-electron chi connectivity index (χ3n) is 6.78. The first-order valence-electron chi connectivity index (χ1n) is 12.7. The maximum absolute atomic E-state index is 13.4. The Hall–Kier alpha value is -3.68. The first-order chi connectivity index (χ1) is 17.6. The molecule has 1 saturated heterocycles. The van der Waals surface area contributed by atoms with E-state index in [1.807, 2.05) is 30.3 Å². The van der Waals surface area contributed by atoms with Crippen LogP contribution in [0.25, 0.3) is 0 Å². The maximum Gasteiger partial charge on any atom is 0.274 e. The number of halogens is 1. The zero-order valence-electron chi connectivity index (χ0n) is 21.9.